The Labute approximate surface area is 70.0 Å². The number of carbonyl (C=O) groups is 1. The summed E-state index contributed by atoms with van der Waals surface area (Å²) >= 11 is 0. The van der Waals surface area contributed by atoms with E-state index >= 15 is 0 Å². The number of hydrogen-bond acceptors (Lipinski definition) is 2. The lowest BCUT2D eigenvalue weighted by Crippen LogP contribution is -2.07. The molecule has 0 atom stereocenters. The van der Waals surface area contributed by atoms with Gasteiger partial charge in [0, 0.05) is 5.56 Å². The third-order valence-electron chi connectivity index (χ3n) is 1.41. The van der Waals surface area contributed by atoms with Crippen molar-refractivity contribution in [1.82, 2.24) is 0 Å². The Hall–Kier alpha value is -1.22. The number of benzene rings is 1. The molecule has 0 heterocycles. The highest BCUT2D eigenvalue weighted by molar-refractivity contribution is 5.96. The lowest BCUT2D eigenvalue weighted by atomic mass is 10.1. The zero-order valence-electron chi connectivity index (χ0n) is 6.50. The minimum atomic E-state index is -0.918. The van der Waals surface area contributed by atoms with Gasteiger partial charge in [0.1, 0.15) is 6.61 Å². The summed E-state index contributed by atoms with van der Waals surface area (Å²) in [4.78, 5) is 11.1. The fourth-order valence-electron chi connectivity index (χ4n) is 0.839. The second kappa shape index (κ2) is 4.62. The molecule has 0 spiro atoms. The summed E-state index contributed by atoms with van der Waals surface area (Å²) in [5.41, 5.74) is 0.547. The lowest BCUT2D eigenvalue weighted by molar-refractivity contribution is 0.0483. The van der Waals surface area contributed by atoms with Crippen LogP contribution in [0.15, 0.2) is 30.3 Å². The summed E-state index contributed by atoms with van der Waals surface area (Å²) in [6.07, 6.45) is 0. The number of hydrogen-bond donors (Lipinski definition) is 0. The van der Waals surface area contributed by atoms with E-state index in [9.17, 15) is 9.18 Å². The van der Waals surface area contributed by atoms with E-state index in [0.717, 1.165) is 0 Å². The van der Waals surface area contributed by atoms with E-state index < -0.39 is 6.86 Å². The van der Waals surface area contributed by atoms with E-state index in [4.69, 9.17) is 0 Å². The van der Waals surface area contributed by atoms with E-state index in [2.05, 4.69) is 4.74 Å². The fourth-order valence-corrected chi connectivity index (χ4v) is 0.839. The monoisotopic (exact) mass is 168 g/mol. The summed E-state index contributed by atoms with van der Waals surface area (Å²) in [6, 6.07) is 8.66. The Morgan fingerprint density at radius 1 is 1.33 bits per heavy atom. The van der Waals surface area contributed by atoms with Crippen LogP contribution in [-0.4, -0.2) is 19.3 Å². The van der Waals surface area contributed by atoms with Gasteiger partial charge in [0.05, 0.1) is 0 Å². The summed E-state index contributed by atoms with van der Waals surface area (Å²) in [5, 5.41) is 0. The first-order valence-corrected chi connectivity index (χ1v) is 3.56. The highest BCUT2D eigenvalue weighted by atomic mass is 19.1. The fraction of sp³-hybridized carbons (Fsp3) is 0.222. The van der Waals surface area contributed by atoms with Crippen molar-refractivity contribution in [3.05, 3.63) is 35.9 Å². The van der Waals surface area contributed by atoms with E-state index in [-0.39, 0.29) is 12.4 Å². The van der Waals surface area contributed by atoms with E-state index in [0.29, 0.717) is 5.56 Å². The average Bonchev–Trinajstić information content (AvgIpc) is 2.15. The molecular formula is C9H9FO2. The molecule has 0 aromatic heterocycles. The van der Waals surface area contributed by atoms with Crippen LogP contribution in [0.1, 0.15) is 10.4 Å². The van der Waals surface area contributed by atoms with Crippen molar-refractivity contribution < 1.29 is 13.9 Å². The van der Waals surface area contributed by atoms with Crippen LogP contribution < -0.4 is 0 Å². The number of halogens is 1. The number of ether oxygens (including phenoxy) is 1. The van der Waals surface area contributed by atoms with Crippen molar-refractivity contribution in [3.63, 3.8) is 0 Å². The van der Waals surface area contributed by atoms with E-state index in [1.54, 1.807) is 24.3 Å². The Morgan fingerprint density at radius 2 is 2.00 bits per heavy atom. The van der Waals surface area contributed by atoms with Gasteiger partial charge >= 0.3 is 0 Å². The largest absolute Gasteiger partial charge is 0.342 e. The third kappa shape index (κ3) is 2.43. The molecule has 0 aliphatic rings. The van der Waals surface area contributed by atoms with Crippen molar-refractivity contribution in [2.45, 2.75) is 0 Å². The summed E-state index contributed by atoms with van der Waals surface area (Å²) in [7, 11) is 0. The smallest absolute Gasteiger partial charge is 0.188 e. The van der Waals surface area contributed by atoms with Crippen LogP contribution >= 0.6 is 0 Å². The van der Waals surface area contributed by atoms with Crippen LogP contribution in [0.5, 0.6) is 0 Å². The topological polar surface area (TPSA) is 26.3 Å². The molecule has 3 heteroatoms. The lowest BCUT2D eigenvalue weighted by Gasteiger charge is -1.98. The van der Waals surface area contributed by atoms with Gasteiger partial charge in [-0.25, -0.2) is 4.39 Å². The van der Waals surface area contributed by atoms with Gasteiger partial charge in [0.2, 0.25) is 0 Å². The molecule has 0 unspecified atom stereocenters. The number of ketones is 1. The molecule has 1 aromatic carbocycles. The molecule has 0 radical (unpaired) electrons. The standard InChI is InChI=1S/C9H9FO2/c10-7-12-6-9(11)8-4-2-1-3-5-8/h1-5H,6-7H2. The maximum Gasteiger partial charge on any atom is 0.188 e. The molecule has 64 valence electrons. The summed E-state index contributed by atoms with van der Waals surface area (Å²) < 4.78 is 15.8. The van der Waals surface area contributed by atoms with Crippen molar-refractivity contribution in [2.24, 2.45) is 0 Å². The van der Waals surface area contributed by atoms with Crippen molar-refractivity contribution in [1.29, 1.82) is 0 Å². The Balaban J connectivity index is 2.54. The number of carbonyl (C=O) groups excluding carboxylic acids is 1. The highest BCUT2D eigenvalue weighted by Gasteiger charge is 2.03. The minimum Gasteiger partial charge on any atom is -0.342 e. The van der Waals surface area contributed by atoms with Gasteiger partial charge in [-0.05, 0) is 0 Å². The minimum absolute atomic E-state index is 0.194. The normalized spacial score (nSPS) is 9.75. The van der Waals surface area contributed by atoms with Gasteiger partial charge < -0.3 is 4.74 Å². The molecule has 0 N–H and O–H groups in total. The van der Waals surface area contributed by atoms with Crippen molar-refractivity contribution >= 4 is 5.78 Å². The number of Topliss-reactive ketones (excluding diaryl/α,β-unsaturated/α-hetero) is 1. The predicted octanol–water partition coefficient (Wildman–Crippen LogP) is 1.81. The molecule has 0 aliphatic carbocycles. The molecule has 0 bridgehead atoms. The molecule has 1 rings (SSSR count). The molecule has 12 heavy (non-hydrogen) atoms. The summed E-state index contributed by atoms with van der Waals surface area (Å²) in [6.45, 7) is -1.11. The molecular weight excluding hydrogens is 159 g/mol. The molecule has 0 amide bonds. The second-order valence-corrected chi connectivity index (χ2v) is 2.25. The maximum atomic E-state index is 11.5. The van der Waals surface area contributed by atoms with E-state index in [1.165, 1.54) is 0 Å². The quantitative estimate of drug-likeness (QED) is 0.641. The van der Waals surface area contributed by atoms with Crippen molar-refractivity contribution in [3.8, 4) is 0 Å². The van der Waals surface area contributed by atoms with Crippen LogP contribution in [0.4, 0.5) is 4.39 Å². The Morgan fingerprint density at radius 3 is 2.58 bits per heavy atom. The maximum absolute atomic E-state index is 11.5. The van der Waals surface area contributed by atoms with Gasteiger partial charge in [0.25, 0.3) is 0 Å². The first-order chi connectivity index (χ1) is 5.84. The Bertz CT molecular complexity index is 246. The first kappa shape index (κ1) is 8.87. The van der Waals surface area contributed by atoms with Crippen LogP contribution in [0.3, 0.4) is 0 Å². The average molecular weight is 168 g/mol. The molecule has 0 aliphatic heterocycles. The zero-order valence-corrected chi connectivity index (χ0v) is 6.50. The highest BCUT2D eigenvalue weighted by Crippen LogP contribution is 1.99. The summed E-state index contributed by atoms with van der Waals surface area (Å²) in [5.74, 6) is -0.201. The van der Waals surface area contributed by atoms with Gasteiger partial charge in [-0.3, -0.25) is 4.79 Å². The predicted molar refractivity (Wildman–Crippen MR) is 42.7 cm³/mol. The molecule has 1 aromatic rings. The molecule has 0 fully saturated rings. The van der Waals surface area contributed by atoms with Gasteiger partial charge in [0.15, 0.2) is 12.6 Å². The molecule has 0 saturated heterocycles. The van der Waals surface area contributed by atoms with Crippen LogP contribution in [0.25, 0.3) is 0 Å². The molecule has 2 nitrogen and oxygen atoms in total. The number of rotatable bonds is 4. The SMILES string of the molecule is O=C(COCF)c1ccccc1. The second-order valence-electron chi connectivity index (χ2n) is 2.25. The third-order valence-corrected chi connectivity index (χ3v) is 1.41. The zero-order chi connectivity index (χ0) is 8.81. The first-order valence-electron chi connectivity index (χ1n) is 3.56. The Kier molecular flexibility index (Phi) is 3.41. The number of alkyl halides is 1. The van der Waals surface area contributed by atoms with Crippen LogP contribution in [0.2, 0.25) is 0 Å². The van der Waals surface area contributed by atoms with Crippen LogP contribution in [0, 0.1) is 0 Å². The van der Waals surface area contributed by atoms with Gasteiger partial charge in [-0.2, -0.15) is 0 Å². The van der Waals surface area contributed by atoms with Crippen LogP contribution in [-0.2, 0) is 4.74 Å². The van der Waals surface area contributed by atoms with Gasteiger partial charge in [-0.1, -0.05) is 30.3 Å². The van der Waals surface area contributed by atoms with Crippen molar-refractivity contribution in [2.75, 3.05) is 13.5 Å². The molecule has 0 saturated carbocycles. The van der Waals surface area contributed by atoms with E-state index in [1.807, 2.05) is 6.07 Å². The van der Waals surface area contributed by atoms with Gasteiger partial charge in [-0.15, -0.1) is 0 Å².